The molecule has 1 amide bonds. The number of carbonyl (C=O) groups is 1. The first-order valence-corrected chi connectivity index (χ1v) is 9.66. The zero-order valence-corrected chi connectivity index (χ0v) is 17.4. The Morgan fingerprint density at radius 2 is 1.93 bits per heavy atom. The molecule has 29 heavy (non-hydrogen) atoms. The fourth-order valence-corrected chi connectivity index (χ4v) is 3.01. The molecule has 0 fully saturated rings. The van der Waals surface area contributed by atoms with Crippen LogP contribution in [0.25, 0.3) is 0 Å². The number of aromatic nitrogens is 2. The molecule has 3 aromatic rings. The number of nitrogens with zero attached hydrogens (tertiary/aromatic N) is 2. The minimum absolute atomic E-state index is 0.0844. The summed E-state index contributed by atoms with van der Waals surface area (Å²) in [4.78, 5) is 28.8. The lowest BCUT2D eigenvalue weighted by molar-refractivity contribution is 0.102. The molecule has 6 nitrogen and oxygen atoms in total. The van der Waals surface area contributed by atoms with Gasteiger partial charge in [0, 0.05) is 23.5 Å². The normalized spacial score (nSPS) is 10.8. The van der Waals surface area contributed by atoms with Gasteiger partial charge in [0.15, 0.2) is 0 Å². The topological polar surface area (TPSA) is 73.2 Å². The zero-order valence-electron chi connectivity index (χ0n) is 15.9. The Labute approximate surface area is 178 Å². The standard InChI is InChI=1S/C21H19Cl2N3O3/c1-13(2)29-21-18(23)9-15(10-24-21)20(28)25-16-7-8-19(27)26(12-16)11-14-5-3-4-6-17(14)22/h3-10,12-13H,11H2,1-2H3,(H,25,28). The van der Waals surface area contributed by atoms with E-state index in [-0.39, 0.29) is 34.7 Å². The second-order valence-corrected chi connectivity index (χ2v) is 7.42. The molecule has 0 aliphatic heterocycles. The monoisotopic (exact) mass is 431 g/mol. The van der Waals surface area contributed by atoms with Crippen molar-refractivity contribution < 1.29 is 9.53 Å². The number of rotatable bonds is 6. The van der Waals surface area contributed by atoms with Crippen molar-refractivity contribution in [3.05, 3.63) is 86.4 Å². The lowest BCUT2D eigenvalue weighted by Gasteiger charge is -2.12. The number of carbonyl (C=O) groups excluding carboxylic acids is 1. The van der Waals surface area contributed by atoms with Gasteiger partial charge in [-0.05, 0) is 37.6 Å². The molecule has 2 heterocycles. The molecule has 0 saturated heterocycles. The predicted molar refractivity (Wildman–Crippen MR) is 114 cm³/mol. The van der Waals surface area contributed by atoms with E-state index in [1.54, 1.807) is 12.3 Å². The molecule has 0 atom stereocenters. The van der Waals surface area contributed by atoms with Gasteiger partial charge in [-0.25, -0.2) is 4.98 Å². The van der Waals surface area contributed by atoms with E-state index < -0.39 is 5.91 Å². The van der Waals surface area contributed by atoms with Crippen LogP contribution >= 0.6 is 23.2 Å². The number of hydrogen-bond donors (Lipinski definition) is 1. The van der Waals surface area contributed by atoms with Crippen LogP contribution < -0.4 is 15.6 Å². The number of hydrogen-bond acceptors (Lipinski definition) is 4. The van der Waals surface area contributed by atoms with Crippen LogP contribution in [0.3, 0.4) is 0 Å². The van der Waals surface area contributed by atoms with Crippen LogP contribution in [0.2, 0.25) is 10.0 Å². The van der Waals surface area contributed by atoms with Crippen molar-refractivity contribution in [1.82, 2.24) is 9.55 Å². The number of nitrogens with one attached hydrogen (secondary N) is 1. The summed E-state index contributed by atoms with van der Waals surface area (Å²) in [5.41, 5.74) is 1.33. The zero-order chi connectivity index (χ0) is 21.0. The second-order valence-electron chi connectivity index (χ2n) is 6.61. The van der Waals surface area contributed by atoms with E-state index in [1.807, 2.05) is 32.0 Å². The number of amides is 1. The third kappa shape index (κ3) is 5.37. The summed E-state index contributed by atoms with van der Waals surface area (Å²) in [5, 5.41) is 3.56. The van der Waals surface area contributed by atoms with Gasteiger partial charge in [0.2, 0.25) is 5.88 Å². The molecule has 0 spiro atoms. The van der Waals surface area contributed by atoms with Crippen LogP contribution in [0.15, 0.2) is 59.7 Å². The van der Waals surface area contributed by atoms with E-state index in [0.29, 0.717) is 10.7 Å². The maximum atomic E-state index is 12.5. The van der Waals surface area contributed by atoms with Gasteiger partial charge in [0.1, 0.15) is 5.02 Å². The Morgan fingerprint density at radius 3 is 2.62 bits per heavy atom. The number of halogens is 2. The van der Waals surface area contributed by atoms with Gasteiger partial charge >= 0.3 is 0 Å². The fourth-order valence-electron chi connectivity index (χ4n) is 2.60. The van der Waals surface area contributed by atoms with E-state index in [4.69, 9.17) is 27.9 Å². The van der Waals surface area contributed by atoms with Crippen LogP contribution in [0, 0.1) is 0 Å². The van der Waals surface area contributed by atoms with Crippen LogP contribution in [-0.2, 0) is 6.54 Å². The molecule has 2 aromatic heterocycles. The summed E-state index contributed by atoms with van der Waals surface area (Å²) in [5.74, 6) is -0.134. The molecule has 0 radical (unpaired) electrons. The first-order chi connectivity index (χ1) is 13.8. The van der Waals surface area contributed by atoms with Crippen LogP contribution in [0.5, 0.6) is 5.88 Å². The van der Waals surface area contributed by atoms with Crippen molar-refractivity contribution >= 4 is 34.8 Å². The lowest BCUT2D eigenvalue weighted by Crippen LogP contribution is -2.21. The molecule has 1 aromatic carbocycles. The molecular formula is C21H19Cl2N3O3. The Morgan fingerprint density at radius 1 is 1.17 bits per heavy atom. The molecular weight excluding hydrogens is 413 g/mol. The van der Waals surface area contributed by atoms with E-state index >= 15 is 0 Å². The third-order valence-electron chi connectivity index (χ3n) is 3.96. The molecule has 0 saturated carbocycles. The van der Waals surface area contributed by atoms with Crippen LogP contribution in [0.4, 0.5) is 5.69 Å². The number of anilines is 1. The van der Waals surface area contributed by atoms with Crippen LogP contribution in [-0.4, -0.2) is 21.6 Å². The highest BCUT2D eigenvalue weighted by molar-refractivity contribution is 6.32. The summed E-state index contributed by atoms with van der Waals surface area (Å²) in [7, 11) is 0. The molecule has 150 valence electrons. The largest absolute Gasteiger partial charge is 0.474 e. The summed E-state index contributed by atoms with van der Waals surface area (Å²) in [6.45, 7) is 4.00. The molecule has 8 heteroatoms. The summed E-state index contributed by atoms with van der Waals surface area (Å²) >= 11 is 12.3. The molecule has 0 unspecified atom stereocenters. The van der Waals surface area contributed by atoms with E-state index in [9.17, 15) is 9.59 Å². The first kappa shape index (κ1) is 20.9. The average Bonchev–Trinajstić information content (AvgIpc) is 2.67. The Balaban J connectivity index is 1.78. The van der Waals surface area contributed by atoms with E-state index in [2.05, 4.69) is 10.3 Å². The Bertz CT molecular complexity index is 1100. The van der Waals surface area contributed by atoms with Gasteiger partial charge in [-0.2, -0.15) is 0 Å². The Kier molecular flexibility index (Phi) is 6.56. The van der Waals surface area contributed by atoms with Gasteiger partial charge < -0.3 is 14.6 Å². The van der Waals surface area contributed by atoms with Gasteiger partial charge in [-0.15, -0.1) is 0 Å². The quantitative estimate of drug-likeness (QED) is 0.616. The van der Waals surface area contributed by atoms with Gasteiger partial charge in [-0.1, -0.05) is 41.4 Å². The maximum Gasteiger partial charge on any atom is 0.257 e. The highest BCUT2D eigenvalue weighted by atomic mass is 35.5. The summed E-state index contributed by atoms with van der Waals surface area (Å²) in [6, 6.07) is 11.7. The van der Waals surface area contributed by atoms with Crippen molar-refractivity contribution in [2.24, 2.45) is 0 Å². The smallest absolute Gasteiger partial charge is 0.257 e. The fraction of sp³-hybridized carbons (Fsp3) is 0.190. The van der Waals surface area contributed by atoms with Crippen molar-refractivity contribution in [3.8, 4) is 5.88 Å². The van der Waals surface area contributed by atoms with E-state index in [1.165, 1.54) is 29.0 Å². The van der Waals surface area contributed by atoms with Crippen molar-refractivity contribution in [1.29, 1.82) is 0 Å². The lowest BCUT2D eigenvalue weighted by atomic mass is 10.2. The Hall–Kier alpha value is -2.83. The minimum atomic E-state index is -0.404. The van der Waals surface area contributed by atoms with Crippen molar-refractivity contribution in [2.45, 2.75) is 26.5 Å². The second kappa shape index (κ2) is 9.11. The van der Waals surface area contributed by atoms with Crippen molar-refractivity contribution in [2.75, 3.05) is 5.32 Å². The van der Waals surface area contributed by atoms with Gasteiger partial charge in [0.05, 0.1) is 23.9 Å². The maximum absolute atomic E-state index is 12.5. The number of pyridine rings is 2. The molecule has 0 aliphatic carbocycles. The minimum Gasteiger partial charge on any atom is -0.474 e. The number of benzene rings is 1. The highest BCUT2D eigenvalue weighted by Gasteiger charge is 2.13. The summed E-state index contributed by atoms with van der Waals surface area (Å²) < 4.78 is 6.94. The van der Waals surface area contributed by atoms with Gasteiger partial charge in [0.25, 0.3) is 11.5 Å². The van der Waals surface area contributed by atoms with Crippen LogP contribution in [0.1, 0.15) is 29.8 Å². The SMILES string of the molecule is CC(C)Oc1ncc(C(=O)Nc2ccc(=O)n(Cc3ccccc3Cl)c2)cc1Cl. The van der Waals surface area contributed by atoms with E-state index in [0.717, 1.165) is 5.56 Å². The predicted octanol–water partition coefficient (Wildman–Crippen LogP) is 4.64. The van der Waals surface area contributed by atoms with Gasteiger partial charge in [-0.3, -0.25) is 9.59 Å². The van der Waals surface area contributed by atoms with Crippen molar-refractivity contribution in [3.63, 3.8) is 0 Å². The molecule has 0 aliphatic rings. The average molecular weight is 432 g/mol. The highest BCUT2D eigenvalue weighted by Crippen LogP contribution is 2.24. The molecule has 0 bridgehead atoms. The first-order valence-electron chi connectivity index (χ1n) is 8.91. The number of ether oxygens (including phenoxy) is 1. The summed E-state index contributed by atoms with van der Waals surface area (Å²) in [6.07, 6.45) is 2.87. The molecule has 3 rings (SSSR count). The molecule has 1 N–H and O–H groups in total. The third-order valence-corrected chi connectivity index (χ3v) is 4.60.